The van der Waals surface area contributed by atoms with Crippen LogP contribution in [0.3, 0.4) is 0 Å². The highest BCUT2D eigenvalue weighted by Gasteiger charge is 2.43. The molecule has 27 nitrogen and oxygen atoms in total. The number of fused-ring (bicyclic) bond motifs is 3. The van der Waals surface area contributed by atoms with E-state index in [-0.39, 0.29) is 75.6 Å². The highest BCUT2D eigenvalue weighted by molar-refractivity contribution is 7.89. The summed E-state index contributed by atoms with van der Waals surface area (Å²) < 4.78 is 203. The predicted octanol–water partition coefficient (Wildman–Crippen LogP) is 6.68. The summed E-state index contributed by atoms with van der Waals surface area (Å²) in [6.45, 7) is 6.15. The second kappa shape index (κ2) is 28.0. The Morgan fingerprint density at radius 1 is 0.427 bits per heavy atom. The number of sulfonamides is 3. The molecular weight excluding hydrogens is 1340 g/mol. The Morgan fingerprint density at radius 3 is 0.927 bits per heavy atom. The number of nitrogens with zero attached hydrogens (tertiary/aromatic N) is 18. The molecule has 6 atom stereocenters. The van der Waals surface area contributed by atoms with Gasteiger partial charge in [0.15, 0.2) is 16.9 Å². The van der Waals surface area contributed by atoms with Crippen molar-refractivity contribution in [1.82, 2.24) is 87.9 Å². The van der Waals surface area contributed by atoms with Gasteiger partial charge in [0.2, 0.25) is 30.1 Å². The minimum atomic E-state index is -3.45. The average Bonchev–Trinajstić information content (AvgIpc) is 1.66. The Hall–Kier alpha value is -8.40. The van der Waals surface area contributed by atoms with E-state index in [4.69, 9.17) is 0 Å². The zero-order chi connectivity index (χ0) is 69.3. The van der Waals surface area contributed by atoms with Crippen molar-refractivity contribution in [1.29, 1.82) is 0 Å². The smallest absolute Gasteiger partial charge is 0.282 e. The van der Waals surface area contributed by atoms with Crippen LogP contribution < -0.4 is 28.9 Å². The fourth-order valence-corrected chi connectivity index (χ4v) is 12.6. The third-order valence-electron chi connectivity index (χ3n) is 16.8. The van der Waals surface area contributed by atoms with Crippen molar-refractivity contribution in [2.24, 2.45) is 17.8 Å². The third-order valence-corrected chi connectivity index (χ3v) is 18.9. The number of nitrogens with one attached hydrogen (secondary N) is 3. The van der Waals surface area contributed by atoms with Crippen LogP contribution in [-0.2, 0) is 30.1 Å². The van der Waals surface area contributed by atoms with Crippen LogP contribution in [0.5, 0.6) is 0 Å². The number of imidazole rings is 3. The molecule has 0 aliphatic carbocycles. The van der Waals surface area contributed by atoms with Crippen molar-refractivity contribution in [3.8, 4) is 34.2 Å². The monoisotopic (exact) mass is 1410 g/mol. The second-order valence-electron chi connectivity index (χ2n) is 24.1. The molecule has 3 aliphatic heterocycles. The van der Waals surface area contributed by atoms with Gasteiger partial charge in [-0.05, 0) is 76.4 Å². The Balaban J connectivity index is 0.000000157. The lowest BCUT2D eigenvalue weighted by atomic mass is 9.84. The molecule has 12 rings (SSSR count). The first kappa shape index (κ1) is 70.4. The van der Waals surface area contributed by atoms with Gasteiger partial charge in [0.25, 0.3) is 19.3 Å². The zero-order valence-corrected chi connectivity index (χ0v) is 54.7. The molecule has 0 bridgehead atoms. The molecular formula is C57H66F9N21O6S3. The summed E-state index contributed by atoms with van der Waals surface area (Å²) in [6.07, 6.45) is 3.92. The molecule has 12 heterocycles. The summed E-state index contributed by atoms with van der Waals surface area (Å²) in [4.78, 5) is 43.6. The van der Waals surface area contributed by atoms with Gasteiger partial charge >= 0.3 is 0 Å². The van der Waals surface area contributed by atoms with Crippen molar-refractivity contribution in [3.05, 3.63) is 109 Å². The third kappa shape index (κ3) is 17.0. The number of rotatable bonds is 18. The van der Waals surface area contributed by atoms with Gasteiger partial charge in [-0.25, -0.2) is 137 Å². The molecule has 3 saturated heterocycles. The normalized spacial score (nSPS) is 22.1. The molecule has 9 aromatic rings. The largest absolute Gasteiger partial charge is 0.356 e. The lowest BCUT2D eigenvalue weighted by Gasteiger charge is -2.41. The number of anilines is 3. The standard InChI is InChI=1S/3C19H22F3N7O2S/c3*1-19(22)5-6-28(10-12(19)8-26-32(2,30)31)17-7-14(24-11-25-17)15-9-23-16-4-3-13(18(20)21)27-29(15)16/h3*3-4,7,9,11-12,18,26H,5-6,8,10H2,1-2H3. The minimum absolute atomic E-state index is 0.0339. The Kier molecular flexibility index (Phi) is 20.5. The number of alkyl halides is 9. The van der Waals surface area contributed by atoms with Gasteiger partial charge in [-0.2, -0.15) is 15.3 Å². The summed E-state index contributed by atoms with van der Waals surface area (Å²) >= 11 is 0. The fraction of sp³-hybridized carbons (Fsp3) is 0.474. The molecule has 0 aromatic carbocycles. The van der Waals surface area contributed by atoms with Gasteiger partial charge in [0.1, 0.15) is 87.6 Å². The fourth-order valence-electron chi connectivity index (χ4n) is 11.0. The highest BCUT2D eigenvalue weighted by Crippen LogP contribution is 2.38. The van der Waals surface area contributed by atoms with E-state index < -0.39 is 84.1 Å². The molecule has 0 spiro atoms. The molecule has 39 heteroatoms. The number of piperidine rings is 3. The molecule has 3 fully saturated rings. The van der Waals surface area contributed by atoms with E-state index in [0.717, 1.165) is 18.8 Å². The first-order chi connectivity index (χ1) is 45.1. The molecule has 96 heavy (non-hydrogen) atoms. The van der Waals surface area contributed by atoms with Crippen LogP contribution in [0.4, 0.5) is 57.0 Å². The molecule has 0 amide bonds. The molecule has 0 saturated carbocycles. The van der Waals surface area contributed by atoms with E-state index in [1.165, 1.54) is 108 Å². The van der Waals surface area contributed by atoms with Gasteiger partial charge in [-0.3, -0.25) is 0 Å². The summed E-state index contributed by atoms with van der Waals surface area (Å²) in [5.74, 6) is -0.235. The van der Waals surface area contributed by atoms with E-state index in [1.807, 2.05) is 14.7 Å². The zero-order valence-electron chi connectivity index (χ0n) is 52.2. The Morgan fingerprint density at radius 2 is 0.688 bits per heavy atom. The van der Waals surface area contributed by atoms with Crippen molar-refractivity contribution in [3.63, 3.8) is 0 Å². The van der Waals surface area contributed by atoms with Gasteiger partial charge < -0.3 is 14.7 Å². The molecule has 6 unspecified atom stereocenters. The van der Waals surface area contributed by atoms with Crippen LogP contribution in [0.2, 0.25) is 0 Å². The van der Waals surface area contributed by atoms with E-state index in [1.54, 1.807) is 18.2 Å². The van der Waals surface area contributed by atoms with E-state index in [0.29, 0.717) is 88.2 Å². The first-order valence-corrected chi connectivity index (χ1v) is 35.3. The molecule has 516 valence electrons. The molecule has 9 aromatic heterocycles. The van der Waals surface area contributed by atoms with Gasteiger partial charge in [-0.15, -0.1) is 0 Å². The summed E-state index contributed by atoms with van der Waals surface area (Å²) in [7, 11) is -10.4. The van der Waals surface area contributed by atoms with Crippen molar-refractivity contribution >= 4 is 64.5 Å². The van der Waals surface area contributed by atoms with Gasteiger partial charge in [-0.1, -0.05) is 0 Å². The van der Waals surface area contributed by atoms with Crippen molar-refractivity contribution in [2.45, 2.75) is 76.3 Å². The van der Waals surface area contributed by atoms with Crippen LogP contribution in [-0.4, -0.2) is 194 Å². The van der Waals surface area contributed by atoms with Crippen LogP contribution in [0.1, 0.15) is 76.4 Å². The maximum absolute atomic E-state index is 15.0. The lowest BCUT2D eigenvalue weighted by molar-refractivity contribution is 0.0801. The average molecular weight is 1410 g/mol. The van der Waals surface area contributed by atoms with E-state index >= 15 is 13.2 Å². The first-order valence-electron chi connectivity index (χ1n) is 29.6. The minimum Gasteiger partial charge on any atom is -0.356 e. The number of aromatic nitrogens is 15. The second-order valence-corrected chi connectivity index (χ2v) is 29.6. The Labute approximate surface area is 544 Å². The molecule has 3 aliphatic rings. The number of halogens is 9. The number of hydrogen-bond donors (Lipinski definition) is 3. The van der Waals surface area contributed by atoms with Crippen LogP contribution in [0.15, 0.2) is 92.2 Å². The molecule has 0 radical (unpaired) electrons. The SMILES string of the molecule is CC1(F)CCN(c2cc(-c3cnc4ccc(C(F)F)nn34)ncn2)CC1CNS(C)(=O)=O.CC1(F)CCN(c2cc(-c3cnc4ccc(C(F)F)nn34)ncn2)CC1CNS(C)(=O)=O.CC1(F)CCN(c2cc(-c3cnc4ccc(C(F)F)nn34)ncn2)CC1CNS(C)(=O)=O. The van der Waals surface area contributed by atoms with Crippen LogP contribution >= 0.6 is 0 Å². The lowest BCUT2D eigenvalue weighted by Crippen LogP contribution is -2.52. The maximum atomic E-state index is 15.0. The van der Waals surface area contributed by atoms with Crippen LogP contribution in [0, 0.1) is 17.8 Å². The predicted molar refractivity (Wildman–Crippen MR) is 335 cm³/mol. The molecule has 3 N–H and O–H groups in total. The summed E-state index contributed by atoms with van der Waals surface area (Å²) in [5.41, 5.74) is -2.11. The summed E-state index contributed by atoms with van der Waals surface area (Å²) in [5, 5.41) is 11.8. The van der Waals surface area contributed by atoms with Gasteiger partial charge in [0, 0.05) is 94.9 Å². The topological polar surface area (TPSA) is 316 Å². The van der Waals surface area contributed by atoms with E-state index in [9.17, 15) is 51.6 Å². The Bertz CT molecular complexity index is 4150. The van der Waals surface area contributed by atoms with Crippen LogP contribution in [0.25, 0.3) is 51.1 Å². The maximum Gasteiger partial charge on any atom is 0.282 e. The quantitative estimate of drug-likeness (QED) is 0.0754. The summed E-state index contributed by atoms with van der Waals surface area (Å²) in [6, 6.07) is 13.0. The van der Waals surface area contributed by atoms with Gasteiger partial charge in [0.05, 0.1) is 54.4 Å². The van der Waals surface area contributed by atoms with Crippen molar-refractivity contribution in [2.75, 3.05) is 92.4 Å². The van der Waals surface area contributed by atoms with E-state index in [2.05, 4.69) is 74.3 Å². The number of hydrogen-bond acceptors (Lipinski definition) is 21. The van der Waals surface area contributed by atoms with Crippen molar-refractivity contribution < 1.29 is 64.8 Å². The highest BCUT2D eigenvalue weighted by atomic mass is 32.2.